The number of rotatable bonds is 2. The largest absolute Gasteiger partial charge is 0.478 e. The fraction of sp³-hybridized carbons (Fsp3) is 0.0909. The summed E-state index contributed by atoms with van der Waals surface area (Å²) in [6.45, 7) is 0. The molecule has 0 spiro atoms. The van der Waals surface area contributed by atoms with E-state index < -0.39 is 23.3 Å². The first-order valence-corrected chi connectivity index (χ1v) is 4.74. The van der Waals surface area contributed by atoms with Crippen molar-refractivity contribution in [3.05, 3.63) is 41.8 Å². The zero-order valence-electron chi connectivity index (χ0n) is 8.73. The van der Waals surface area contributed by atoms with Gasteiger partial charge in [-0.3, -0.25) is 4.98 Å². The fourth-order valence-electron chi connectivity index (χ4n) is 1.39. The van der Waals surface area contributed by atoms with Gasteiger partial charge in [0.2, 0.25) is 0 Å². The predicted octanol–water partition coefficient (Wildman–Crippen LogP) is 3.06. The molecule has 0 atom stereocenters. The van der Waals surface area contributed by atoms with Crippen LogP contribution >= 0.6 is 0 Å². The van der Waals surface area contributed by atoms with Crippen molar-refractivity contribution in [3.8, 4) is 11.5 Å². The van der Waals surface area contributed by atoms with E-state index in [9.17, 15) is 18.0 Å². The Bertz CT molecular complexity index is 576. The summed E-state index contributed by atoms with van der Waals surface area (Å²) >= 11 is 0. The molecule has 2 aromatic heterocycles. The second-order valence-electron chi connectivity index (χ2n) is 3.40. The maximum atomic E-state index is 12.4. The van der Waals surface area contributed by atoms with E-state index in [1.807, 2.05) is 0 Å². The zero-order valence-corrected chi connectivity index (χ0v) is 8.73. The van der Waals surface area contributed by atoms with Gasteiger partial charge in [0.1, 0.15) is 5.69 Å². The van der Waals surface area contributed by atoms with Crippen molar-refractivity contribution in [1.29, 1.82) is 0 Å². The van der Waals surface area contributed by atoms with Crippen LogP contribution in [0.15, 0.2) is 35.1 Å². The molecule has 18 heavy (non-hydrogen) atoms. The Hall–Kier alpha value is -2.31. The maximum Gasteiger partial charge on any atom is 0.417 e. The van der Waals surface area contributed by atoms with Gasteiger partial charge >= 0.3 is 12.1 Å². The molecule has 4 nitrogen and oxygen atoms in total. The van der Waals surface area contributed by atoms with Crippen LogP contribution < -0.4 is 0 Å². The van der Waals surface area contributed by atoms with Crippen molar-refractivity contribution >= 4 is 5.97 Å². The minimum absolute atomic E-state index is 0.0983. The van der Waals surface area contributed by atoms with E-state index in [1.54, 1.807) is 0 Å². The number of carboxylic acids is 1. The first-order valence-electron chi connectivity index (χ1n) is 4.74. The van der Waals surface area contributed by atoms with E-state index in [1.165, 1.54) is 18.4 Å². The van der Waals surface area contributed by atoms with Gasteiger partial charge in [0, 0.05) is 6.20 Å². The molecule has 2 rings (SSSR count). The van der Waals surface area contributed by atoms with Gasteiger partial charge in [0.15, 0.2) is 5.76 Å². The lowest BCUT2D eigenvalue weighted by Crippen LogP contribution is -2.10. The van der Waals surface area contributed by atoms with E-state index in [0.717, 1.165) is 0 Å². The Morgan fingerprint density at radius 2 is 2.11 bits per heavy atom. The average Bonchev–Trinajstić information content (AvgIpc) is 2.80. The first kappa shape index (κ1) is 12.2. The number of hydrogen-bond donors (Lipinski definition) is 1. The number of halogens is 3. The van der Waals surface area contributed by atoms with Gasteiger partial charge in [0.05, 0.1) is 17.4 Å². The van der Waals surface area contributed by atoms with Crippen LogP contribution in [0.5, 0.6) is 0 Å². The topological polar surface area (TPSA) is 63.3 Å². The molecule has 0 fully saturated rings. The third kappa shape index (κ3) is 2.20. The summed E-state index contributed by atoms with van der Waals surface area (Å²) in [5.41, 5.74) is -1.81. The number of aromatic carboxylic acids is 1. The third-order valence-electron chi connectivity index (χ3n) is 2.20. The number of hydrogen-bond acceptors (Lipinski definition) is 3. The summed E-state index contributed by atoms with van der Waals surface area (Å²) in [6, 6.07) is 3.44. The maximum absolute atomic E-state index is 12.4. The molecule has 0 aliphatic carbocycles. The molecule has 0 saturated heterocycles. The lowest BCUT2D eigenvalue weighted by molar-refractivity contribution is -0.137. The SMILES string of the molecule is O=C(O)c1cc(C(F)(F)F)cnc1-c1ccco1. The van der Waals surface area contributed by atoms with E-state index in [-0.39, 0.29) is 11.5 Å². The van der Waals surface area contributed by atoms with Crippen LogP contribution in [0.25, 0.3) is 11.5 Å². The highest BCUT2D eigenvalue weighted by molar-refractivity contribution is 5.94. The van der Waals surface area contributed by atoms with Crippen LogP contribution in [0.4, 0.5) is 13.2 Å². The molecule has 0 radical (unpaired) electrons. The number of alkyl halides is 3. The average molecular weight is 257 g/mol. The number of carbonyl (C=O) groups is 1. The lowest BCUT2D eigenvalue weighted by Gasteiger charge is -2.08. The number of aromatic nitrogens is 1. The molecule has 0 amide bonds. The summed E-state index contributed by atoms with van der Waals surface area (Å²) in [4.78, 5) is 14.5. The molecular weight excluding hydrogens is 251 g/mol. The third-order valence-corrected chi connectivity index (χ3v) is 2.20. The van der Waals surface area contributed by atoms with E-state index in [2.05, 4.69) is 4.98 Å². The van der Waals surface area contributed by atoms with Gasteiger partial charge in [-0.15, -0.1) is 0 Å². The van der Waals surface area contributed by atoms with Gasteiger partial charge < -0.3 is 9.52 Å². The number of nitrogens with zero attached hydrogens (tertiary/aromatic N) is 1. The van der Waals surface area contributed by atoms with Crippen molar-refractivity contribution in [2.45, 2.75) is 6.18 Å². The van der Waals surface area contributed by atoms with Gasteiger partial charge in [-0.25, -0.2) is 4.79 Å². The Balaban J connectivity index is 2.59. The minimum Gasteiger partial charge on any atom is -0.478 e. The normalized spacial score (nSPS) is 11.5. The standard InChI is InChI=1S/C11H6F3NO3/c12-11(13,14)6-4-7(10(16)17)9(15-5-6)8-2-1-3-18-8/h1-5H,(H,16,17). The number of pyridine rings is 1. The van der Waals surface area contributed by atoms with E-state index >= 15 is 0 Å². The minimum atomic E-state index is -4.64. The zero-order chi connectivity index (χ0) is 13.3. The molecular formula is C11H6F3NO3. The molecule has 0 unspecified atom stereocenters. The molecule has 94 valence electrons. The highest BCUT2D eigenvalue weighted by Gasteiger charge is 2.33. The molecule has 0 aromatic carbocycles. The molecule has 2 aromatic rings. The lowest BCUT2D eigenvalue weighted by atomic mass is 10.1. The Morgan fingerprint density at radius 1 is 1.39 bits per heavy atom. The van der Waals surface area contributed by atoms with Crippen LogP contribution in [0.1, 0.15) is 15.9 Å². The Morgan fingerprint density at radius 3 is 2.61 bits per heavy atom. The second-order valence-corrected chi connectivity index (χ2v) is 3.40. The summed E-state index contributed by atoms with van der Waals surface area (Å²) in [5, 5.41) is 8.91. The second kappa shape index (κ2) is 4.17. The van der Waals surface area contributed by atoms with Crippen LogP contribution in [0, 0.1) is 0 Å². The summed E-state index contributed by atoms with van der Waals surface area (Å²) in [6.07, 6.45) is -2.79. The summed E-state index contributed by atoms with van der Waals surface area (Å²) < 4.78 is 42.3. The highest BCUT2D eigenvalue weighted by Crippen LogP contribution is 2.32. The van der Waals surface area contributed by atoms with Crippen molar-refractivity contribution < 1.29 is 27.5 Å². The Labute approximate surface area is 98.7 Å². The van der Waals surface area contributed by atoms with E-state index in [0.29, 0.717) is 12.3 Å². The summed E-state index contributed by atoms with van der Waals surface area (Å²) in [5.74, 6) is -1.40. The number of furan rings is 1. The van der Waals surface area contributed by atoms with Crippen LogP contribution in [-0.4, -0.2) is 16.1 Å². The monoisotopic (exact) mass is 257 g/mol. The van der Waals surface area contributed by atoms with Crippen LogP contribution in [0.3, 0.4) is 0 Å². The van der Waals surface area contributed by atoms with Crippen molar-refractivity contribution in [3.63, 3.8) is 0 Å². The van der Waals surface area contributed by atoms with Crippen LogP contribution in [0.2, 0.25) is 0 Å². The molecule has 1 N–H and O–H groups in total. The Kier molecular flexibility index (Phi) is 2.82. The van der Waals surface area contributed by atoms with Gasteiger partial charge in [-0.1, -0.05) is 0 Å². The highest BCUT2D eigenvalue weighted by atomic mass is 19.4. The van der Waals surface area contributed by atoms with E-state index in [4.69, 9.17) is 9.52 Å². The smallest absolute Gasteiger partial charge is 0.417 e. The van der Waals surface area contributed by atoms with Gasteiger partial charge in [-0.2, -0.15) is 13.2 Å². The predicted molar refractivity (Wildman–Crippen MR) is 53.9 cm³/mol. The molecule has 0 aliphatic rings. The molecule has 0 saturated carbocycles. The number of carboxylic acid groups (broad SMARTS) is 1. The summed E-state index contributed by atoms with van der Waals surface area (Å²) in [7, 11) is 0. The van der Waals surface area contributed by atoms with Crippen molar-refractivity contribution in [2.75, 3.05) is 0 Å². The first-order chi connectivity index (χ1) is 8.39. The molecule has 0 aliphatic heterocycles. The molecule has 2 heterocycles. The van der Waals surface area contributed by atoms with Crippen LogP contribution in [-0.2, 0) is 6.18 Å². The van der Waals surface area contributed by atoms with Crippen molar-refractivity contribution in [1.82, 2.24) is 4.98 Å². The van der Waals surface area contributed by atoms with Gasteiger partial charge in [-0.05, 0) is 18.2 Å². The molecule has 0 bridgehead atoms. The quantitative estimate of drug-likeness (QED) is 0.897. The molecule has 7 heteroatoms. The van der Waals surface area contributed by atoms with Gasteiger partial charge in [0.25, 0.3) is 0 Å². The fourth-order valence-corrected chi connectivity index (χ4v) is 1.39. The van der Waals surface area contributed by atoms with Crippen molar-refractivity contribution in [2.24, 2.45) is 0 Å².